The average molecular weight is 332 g/mol. The maximum absolute atomic E-state index is 5.79. The summed E-state index contributed by atoms with van der Waals surface area (Å²) in [5, 5.41) is 0.787. The molecule has 2 atom stereocenters. The summed E-state index contributed by atoms with van der Waals surface area (Å²) in [6, 6.07) is 1.66. The van der Waals surface area contributed by atoms with Gasteiger partial charge in [-0.05, 0) is 6.92 Å². The van der Waals surface area contributed by atoms with E-state index in [0.29, 0.717) is 17.7 Å². The van der Waals surface area contributed by atoms with Crippen molar-refractivity contribution in [2.24, 2.45) is 0 Å². The van der Waals surface area contributed by atoms with Crippen LogP contribution in [0.3, 0.4) is 0 Å². The zero-order chi connectivity index (χ0) is 13.8. The fourth-order valence-corrected chi connectivity index (χ4v) is 2.39. The summed E-state index contributed by atoms with van der Waals surface area (Å²) in [5.41, 5.74) is 0. The van der Waals surface area contributed by atoms with Gasteiger partial charge < -0.3 is 19.1 Å². The van der Waals surface area contributed by atoms with Crippen molar-refractivity contribution in [2.75, 3.05) is 37.5 Å². The summed E-state index contributed by atoms with van der Waals surface area (Å²) in [7, 11) is 3.16. The van der Waals surface area contributed by atoms with E-state index in [2.05, 4.69) is 30.8 Å². The number of methoxy groups -OCH3 is 2. The van der Waals surface area contributed by atoms with Gasteiger partial charge in [-0.15, -0.1) is 0 Å². The summed E-state index contributed by atoms with van der Waals surface area (Å²) < 4.78 is 16.1. The number of ether oxygens (including phenoxy) is 3. The van der Waals surface area contributed by atoms with Crippen molar-refractivity contribution in [3.63, 3.8) is 0 Å². The number of nitrogens with zero attached hydrogens (tertiary/aromatic N) is 3. The van der Waals surface area contributed by atoms with Gasteiger partial charge in [-0.2, -0.15) is 9.97 Å². The quantitative estimate of drug-likeness (QED) is 0.779. The van der Waals surface area contributed by atoms with E-state index in [1.54, 1.807) is 20.3 Å². The molecule has 0 radical (unpaired) electrons. The van der Waals surface area contributed by atoms with Crippen molar-refractivity contribution in [3.05, 3.63) is 6.07 Å². The van der Waals surface area contributed by atoms with Crippen LogP contribution in [0.2, 0.25) is 0 Å². The first-order valence-corrected chi connectivity index (χ1v) is 7.21. The van der Waals surface area contributed by atoms with Gasteiger partial charge in [0.05, 0.1) is 32.5 Å². The minimum Gasteiger partial charge on any atom is -0.481 e. The molecule has 2 rings (SSSR count). The molecular weight excluding hydrogens is 314 g/mol. The van der Waals surface area contributed by atoms with Gasteiger partial charge in [0.15, 0.2) is 0 Å². The lowest BCUT2D eigenvalue weighted by molar-refractivity contribution is -0.00256. The molecule has 0 N–H and O–H groups in total. The average Bonchev–Trinajstić information content (AvgIpc) is 2.45. The van der Waals surface area contributed by atoms with Crippen LogP contribution in [0.5, 0.6) is 11.8 Å². The van der Waals surface area contributed by atoms with Crippen LogP contribution in [0.15, 0.2) is 6.07 Å². The molecule has 7 heteroatoms. The number of morpholine rings is 1. The Kier molecular flexibility index (Phi) is 4.81. The maximum atomic E-state index is 5.79. The summed E-state index contributed by atoms with van der Waals surface area (Å²) in [6.07, 6.45) is 0.265. The minimum absolute atomic E-state index is 0.129. The van der Waals surface area contributed by atoms with Crippen LogP contribution in [0.4, 0.5) is 5.95 Å². The van der Waals surface area contributed by atoms with Crippen LogP contribution in [0.1, 0.15) is 6.92 Å². The summed E-state index contributed by atoms with van der Waals surface area (Å²) in [4.78, 5) is 10.8. The van der Waals surface area contributed by atoms with Crippen molar-refractivity contribution in [1.29, 1.82) is 0 Å². The fourth-order valence-electron chi connectivity index (χ4n) is 2.04. The molecule has 6 nitrogen and oxygen atoms in total. The van der Waals surface area contributed by atoms with Gasteiger partial charge in [-0.1, -0.05) is 15.9 Å². The minimum atomic E-state index is 0.129. The molecule has 1 fully saturated rings. The Balaban J connectivity index is 2.24. The third kappa shape index (κ3) is 3.48. The van der Waals surface area contributed by atoms with E-state index in [0.717, 1.165) is 18.4 Å². The molecule has 1 saturated heterocycles. The lowest BCUT2D eigenvalue weighted by atomic mass is 10.2. The van der Waals surface area contributed by atoms with Crippen molar-refractivity contribution < 1.29 is 14.2 Å². The molecule has 0 aromatic carbocycles. The highest BCUT2D eigenvalue weighted by Gasteiger charge is 2.26. The molecule has 1 aliphatic rings. The molecule has 1 aromatic heterocycles. The van der Waals surface area contributed by atoms with E-state index < -0.39 is 0 Å². The molecular formula is C12H18BrN3O3. The van der Waals surface area contributed by atoms with Crippen molar-refractivity contribution in [2.45, 2.75) is 19.1 Å². The number of rotatable bonds is 4. The SMILES string of the molecule is COc1cc(OC)nc(N2CC(C)OC(CBr)C2)n1. The second-order valence-electron chi connectivity index (χ2n) is 4.38. The zero-order valence-electron chi connectivity index (χ0n) is 11.3. The predicted molar refractivity (Wildman–Crippen MR) is 75.5 cm³/mol. The van der Waals surface area contributed by atoms with Crippen LogP contribution in [-0.4, -0.2) is 54.8 Å². The molecule has 0 amide bonds. The molecule has 0 saturated carbocycles. The second-order valence-corrected chi connectivity index (χ2v) is 5.03. The van der Waals surface area contributed by atoms with Crippen LogP contribution < -0.4 is 14.4 Å². The highest BCUT2D eigenvalue weighted by atomic mass is 79.9. The Morgan fingerprint density at radius 1 is 1.32 bits per heavy atom. The van der Waals surface area contributed by atoms with Crippen LogP contribution in [-0.2, 0) is 4.74 Å². The zero-order valence-corrected chi connectivity index (χ0v) is 12.9. The smallest absolute Gasteiger partial charge is 0.232 e. The van der Waals surface area contributed by atoms with E-state index in [4.69, 9.17) is 14.2 Å². The Bertz CT molecular complexity index is 410. The van der Waals surface area contributed by atoms with Crippen LogP contribution in [0, 0.1) is 0 Å². The third-order valence-electron chi connectivity index (χ3n) is 2.87. The molecule has 1 aliphatic heterocycles. The topological polar surface area (TPSA) is 56.7 Å². The van der Waals surface area contributed by atoms with Gasteiger partial charge in [0.1, 0.15) is 0 Å². The molecule has 0 bridgehead atoms. The number of aromatic nitrogens is 2. The van der Waals surface area contributed by atoms with Crippen LogP contribution >= 0.6 is 15.9 Å². The molecule has 0 spiro atoms. The van der Waals surface area contributed by atoms with E-state index in [1.165, 1.54) is 0 Å². The first kappa shape index (κ1) is 14.3. The summed E-state index contributed by atoms with van der Waals surface area (Å²) in [5.74, 6) is 1.60. The number of alkyl halides is 1. The van der Waals surface area contributed by atoms with Crippen molar-refractivity contribution >= 4 is 21.9 Å². The molecule has 106 valence electrons. The largest absolute Gasteiger partial charge is 0.481 e. The number of hydrogen-bond donors (Lipinski definition) is 0. The fraction of sp³-hybridized carbons (Fsp3) is 0.667. The standard InChI is InChI=1S/C12H18BrN3O3/c1-8-6-16(7-9(5-13)19-8)12-14-10(17-2)4-11(15-12)18-3/h4,8-9H,5-7H2,1-3H3. The Hall–Kier alpha value is -1.08. The molecule has 1 aromatic rings. The predicted octanol–water partition coefficient (Wildman–Crippen LogP) is 1.48. The summed E-state index contributed by atoms with van der Waals surface area (Å²) in [6.45, 7) is 3.53. The highest BCUT2D eigenvalue weighted by molar-refractivity contribution is 9.09. The maximum Gasteiger partial charge on any atom is 0.232 e. The van der Waals surface area contributed by atoms with Gasteiger partial charge in [0, 0.05) is 18.4 Å². The normalized spacial score (nSPS) is 23.3. The molecule has 2 unspecified atom stereocenters. The first-order chi connectivity index (χ1) is 9.16. The van der Waals surface area contributed by atoms with E-state index in [1.807, 2.05) is 6.92 Å². The van der Waals surface area contributed by atoms with Gasteiger partial charge in [-0.25, -0.2) is 0 Å². The molecule has 19 heavy (non-hydrogen) atoms. The van der Waals surface area contributed by atoms with Crippen molar-refractivity contribution in [1.82, 2.24) is 9.97 Å². The lowest BCUT2D eigenvalue weighted by Crippen LogP contribution is -2.48. The van der Waals surface area contributed by atoms with Gasteiger partial charge >= 0.3 is 0 Å². The lowest BCUT2D eigenvalue weighted by Gasteiger charge is -2.36. The monoisotopic (exact) mass is 331 g/mol. The van der Waals surface area contributed by atoms with E-state index in [-0.39, 0.29) is 12.2 Å². The number of hydrogen-bond acceptors (Lipinski definition) is 6. The second kappa shape index (κ2) is 6.38. The molecule has 2 heterocycles. The van der Waals surface area contributed by atoms with Gasteiger partial charge in [-0.3, -0.25) is 0 Å². The van der Waals surface area contributed by atoms with Crippen LogP contribution in [0.25, 0.3) is 0 Å². The van der Waals surface area contributed by atoms with Crippen molar-refractivity contribution in [3.8, 4) is 11.8 Å². The highest BCUT2D eigenvalue weighted by Crippen LogP contribution is 2.23. The Labute approximate surface area is 121 Å². The number of anilines is 1. The van der Waals surface area contributed by atoms with E-state index >= 15 is 0 Å². The van der Waals surface area contributed by atoms with E-state index in [9.17, 15) is 0 Å². The Morgan fingerprint density at radius 2 is 1.95 bits per heavy atom. The number of halogens is 1. The Morgan fingerprint density at radius 3 is 2.47 bits per heavy atom. The van der Waals surface area contributed by atoms with Gasteiger partial charge in [0.2, 0.25) is 17.7 Å². The third-order valence-corrected chi connectivity index (χ3v) is 3.59. The first-order valence-electron chi connectivity index (χ1n) is 6.09. The molecule has 0 aliphatic carbocycles. The van der Waals surface area contributed by atoms with Gasteiger partial charge in [0.25, 0.3) is 0 Å². The summed E-state index contributed by atoms with van der Waals surface area (Å²) >= 11 is 3.45.